The second-order valence-electron chi connectivity index (χ2n) is 5.63. The Hall–Kier alpha value is -1.70. The summed E-state index contributed by atoms with van der Waals surface area (Å²) in [5.74, 6) is -0.567. The van der Waals surface area contributed by atoms with Crippen LogP contribution in [-0.2, 0) is 24.4 Å². The van der Waals surface area contributed by atoms with Crippen molar-refractivity contribution in [2.24, 2.45) is 0 Å². The first-order valence-corrected chi connectivity index (χ1v) is 9.11. The number of sulfonamides is 1. The number of amides is 1. The lowest BCUT2D eigenvalue weighted by Gasteiger charge is -2.26. The molecule has 0 spiro atoms. The predicted molar refractivity (Wildman–Crippen MR) is 79.3 cm³/mol. The van der Waals surface area contributed by atoms with E-state index in [1.54, 1.807) is 0 Å². The standard InChI is InChI=1S/C14H20N2O5S/c1-3-5-10-8-16(22(2,20)21)14-11(18)9-15(13(10)14)12(19)6-4-7-17/h7-8,13-14H,3-6,9H2,1-2H3/t13-,14-/m1/s1. The Labute approximate surface area is 130 Å². The van der Waals surface area contributed by atoms with Crippen LogP contribution in [0.15, 0.2) is 11.8 Å². The smallest absolute Gasteiger partial charge is 0.232 e. The van der Waals surface area contributed by atoms with Crippen molar-refractivity contribution in [3.8, 4) is 0 Å². The topological polar surface area (TPSA) is 91.8 Å². The zero-order valence-electron chi connectivity index (χ0n) is 12.7. The third kappa shape index (κ3) is 2.92. The maximum absolute atomic E-state index is 12.2. The monoisotopic (exact) mass is 328 g/mol. The van der Waals surface area contributed by atoms with Crippen molar-refractivity contribution in [3.05, 3.63) is 11.8 Å². The molecular weight excluding hydrogens is 308 g/mol. The summed E-state index contributed by atoms with van der Waals surface area (Å²) < 4.78 is 24.9. The van der Waals surface area contributed by atoms with Crippen LogP contribution >= 0.6 is 0 Å². The molecule has 1 saturated heterocycles. The van der Waals surface area contributed by atoms with Crippen LogP contribution in [0.25, 0.3) is 0 Å². The third-order valence-electron chi connectivity index (χ3n) is 3.96. The molecule has 0 unspecified atom stereocenters. The quantitative estimate of drug-likeness (QED) is 0.644. The molecule has 0 aliphatic carbocycles. The third-order valence-corrected chi connectivity index (χ3v) is 5.05. The van der Waals surface area contributed by atoms with E-state index in [0.717, 1.165) is 22.6 Å². The van der Waals surface area contributed by atoms with E-state index >= 15 is 0 Å². The summed E-state index contributed by atoms with van der Waals surface area (Å²) in [6, 6.07) is -1.38. The Balaban J connectivity index is 2.34. The average Bonchev–Trinajstić information content (AvgIpc) is 2.96. The van der Waals surface area contributed by atoms with Crippen LogP contribution in [0.4, 0.5) is 0 Å². The fourth-order valence-corrected chi connectivity index (χ4v) is 4.06. The van der Waals surface area contributed by atoms with Crippen molar-refractivity contribution in [2.45, 2.75) is 44.7 Å². The number of ketones is 1. The Bertz CT molecular complexity index is 625. The Morgan fingerprint density at radius 2 is 2.09 bits per heavy atom. The number of carbonyl (C=O) groups is 3. The SMILES string of the molecule is CCCC1=CN(S(C)(=O)=O)[C@@H]2C(=O)CN(C(=O)CCC=O)[C@H]12. The molecule has 0 aromatic heterocycles. The van der Waals surface area contributed by atoms with Crippen LogP contribution in [0.2, 0.25) is 0 Å². The van der Waals surface area contributed by atoms with Crippen LogP contribution in [0.3, 0.4) is 0 Å². The highest BCUT2D eigenvalue weighted by atomic mass is 32.2. The molecule has 0 bridgehead atoms. The van der Waals surface area contributed by atoms with Crippen LogP contribution in [-0.4, -0.2) is 60.5 Å². The van der Waals surface area contributed by atoms with Crippen molar-refractivity contribution in [3.63, 3.8) is 0 Å². The minimum atomic E-state index is -3.56. The summed E-state index contributed by atoms with van der Waals surface area (Å²) in [6.07, 6.45) is 4.76. The van der Waals surface area contributed by atoms with Gasteiger partial charge in [0.2, 0.25) is 15.9 Å². The largest absolute Gasteiger partial charge is 0.326 e. The average molecular weight is 328 g/mol. The molecule has 1 fully saturated rings. The number of likely N-dealkylation sites (tertiary alicyclic amines) is 1. The highest BCUT2D eigenvalue weighted by Gasteiger charge is 2.52. The van der Waals surface area contributed by atoms with Gasteiger partial charge in [0.05, 0.1) is 18.8 Å². The van der Waals surface area contributed by atoms with E-state index in [2.05, 4.69) is 0 Å². The molecule has 0 aromatic rings. The fraction of sp³-hybridized carbons (Fsp3) is 0.643. The number of hydrogen-bond acceptors (Lipinski definition) is 5. The second-order valence-corrected chi connectivity index (χ2v) is 7.52. The predicted octanol–water partition coefficient (Wildman–Crippen LogP) is 0.0732. The minimum Gasteiger partial charge on any atom is -0.326 e. The number of nitrogens with zero attached hydrogens (tertiary/aromatic N) is 2. The van der Waals surface area contributed by atoms with Crippen molar-refractivity contribution in [1.82, 2.24) is 9.21 Å². The lowest BCUT2D eigenvalue weighted by molar-refractivity contribution is -0.133. The van der Waals surface area contributed by atoms with Crippen LogP contribution in [0, 0.1) is 0 Å². The van der Waals surface area contributed by atoms with Gasteiger partial charge < -0.3 is 9.69 Å². The molecule has 2 aliphatic heterocycles. The highest BCUT2D eigenvalue weighted by Crippen LogP contribution is 2.36. The number of carbonyl (C=O) groups excluding carboxylic acids is 3. The van der Waals surface area contributed by atoms with Crippen LogP contribution in [0.5, 0.6) is 0 Å². The lowest BCUT2D eigenvalue weighted by Crippen LogP contribution is -2.44. The first kappa shape index (κ1) is 16.7. The number of aldehydes is 1. The van der Waals surface area contributed by atoms with Gasteiger partial charge in [0.25, 0.3) is 0 Å². The summed E-state index contributed by atoms with van der Waals surface area (Å²) in [5, 5.41) is 0. The summed E-state index contributed by atoms with van der Waals surface area (Å²) in [7, 11) is -3.56. The van der Waals surface area contributed by atoms with Gasteiger partial charge >= 0.3 is 0 Å². The first-order chi connectivity index (χ1) is 10.3. The van der Waals surface area contributed by atoms with Gasteiger partial charge in [-0.25, -0.2) is 8.42 Å². The van der Waals surface area contributed by atoms with Gasteiger partial charge in [0, 0.05) is 19.0 Å². The van der Waals surface area contributed by atoms with Gasteiger partial charge in [-0.05, 0) is 12.0 Å². The van der Waals surface area contributed by atoms with Crippen LogP contribution in [0.1, 0.15) is 32.6 Å². The van der Waals surface area contributed by atoms with E-state index in [-0.39, 0.29) is 31.1 Å². The van der Waals surface area contributed by atoms with Crippen molar-refractivity contribution < 1.29 is 22.8 Å². The summed E-state index contributed by atoms with van der Waals surface area (Å²) in [6.45, 7) is 1.86. The van der Waals surface area contributed by atoms with Gasteiger partial charge in [-0.15, -0.1) is 0 Å². The van der Waals surface area contributed by atoms with Crippen molar-refractivity contribution >= 4 is 28.0 Å². The maximum atomic E-state index is 12.2. The number of fused-ring (bicyclic) bond motifs is 1. The molecule has 8 heteroatoms. The minimum absolute atomic E-state index is 0.0400. The molecule has 2 heterocycles. The molecule has 122 valence electrons. The van der Waals surface area contributed by atoms with Gasteiger partial charge in [-0.1, -0.05) is 13.3 Å². The van der Waals surface area contributed by atoms with E-state index in [4.69, 9.17) is 0 Å². The normalized spacial score (nSPS) is 24.5. The first-order valence-electron chi connectivity index (χ1n) is 7.26. The zero-order chi connectivity index (χ0) is 16.5. The summed E-state index contributed by atoms with van der Waals surface area (Å²) >= 11 is 0. The van der Waals surface area contributed by atoms with E-state index in [1.807, 2.05) is 6.92 Å². The number of rotatable bonds is 6. The fourth-order valence-electron chi connectivity index (χ4n) is 3.08. The molecule has 0 radical (unpaired) electrons. The number of Topliss-reactive ketones (excluding diaryl/α,β-unsaturated/α-hetero) is 1. The van der Waals surface area contributed by atoms with E-state index in [0.29, 0.717) is 12.7 Å². The Kier molecular flexibility index (Phi) is 4.69. The molecule has 0 N–H and O–H groups in total. The molecule has 0 saturated carbocycles. The van der Waals surface area contributed by atoms with Crippen molar-refractivity contribution in [1.29, 1.82) is 0 Å². The number of hydrogen-bond donors (Lipinski definition) is 0. The Morgan fingerprint density at radius 3 is 2.64 bits per heavy atom. The molecule has 1 amide bonds. The van der Waals surface area contributed by atoms with Crippen molar-refractivity contribution in [2.75, 3.05) is 12.8 Å². The molecular formula is C14H20N2O5S. The lowest BCUT2D eigenvalue weighted by atomic mass is 10.0. The molecule has 2 atom stereocenters. The molecule has 7 nitrogen and oxygen atoms in total. The van der Waals surface area contributed by atoms with E-state index < -0.39 is 22.1 Å². The molecule has 0 aromatic carbocycles. The summed E-state index contributed by atoms with van der Waals surface area (Å²) in [4.78, 5) is 36.3. The summed E-state index contributed by atoms with van der Waals surface area (Å²) in [5.41, 5.74) is 0.781. The van der Waals surface area contributed by atoms with E-state index in [1.165, 1.54) is 11.1 Å². The molecule has 2 rings (SSSR count). The van der Waals surface area contributed by atoms with Gasteiger partial charge in [0.15, 0.2) is 5.78 Å². The van der Waals surface area contributed by atoms with Gasteiger partial charge in [0.1, 0.15) is 12.3 Å². The molecule has 2 aliphatic rings. The molecule has 22 heavy (non-hydrogen) atoms. The van der Waals surface area contributed by atoms with Crippen LogP contribution < -0.4 is 0 Å². The zero-order valence-corrected chi connectivity index (χ0v) is 13.5. The van der Waals surface area contributed by atoms with E-state index in [9.17, 15) is 22.8 Å². The van der Waals surface area contributed by atoms with Gasteiger partial charge in [-0.2, -0.15) is 0 Å². The maximum Gasteiger partial charge on any atom is 0.232 e. The Morgan fingerprint density at radius 1 is 1.41 bits per heavy atom. The highest BCUT2D eigenvalue weighted by molar-refractivity contribution is 7.88. The van der Waals surface area contributed by atoms with Gasteiger partial charge in [-0.3, -0.25) is 13.9 Å². The second kappa shape index (κ2) is 6.20.